The second-order valence-corrected chi connectivity index (χ2v) is 7.20. The molecule has 30 heavy (non-hydrogen) atoms. The van der Waals surface area contributed by atoms with Crippen LogP contribution in [0.25, 0.3) is 10.9 Å². The number of fused-ring (bicyclic) bond motifs is 1. The Balaban J connectivity index is 1.52. The Labute approximate surface area is 171 Å². The minimum absolute atomic E-state index is 0.244. The second-order valence-electron chi connectivity index (χ2n) is 7.20. The minimum Gasteiger partial charge on any atom is -0.346 e. The van der Waals surface area contributed by atoms with Crippen molar-refractivity contribution in [2.45, 2.75) is 19.5 Å². The molecule has 1 atom stereocenters. The largest absolute Gasteiger partial charge is 0.346 e. The van der Waals surface area contributed by atoms with Crippen LogP contribution in [0.15, 0.2) is 72.9 Å². The fourth-order valence-corrected chi connectivity index (χ4v) is 3.43. The van der Waals surface area contributed by atoms with Crippen molar-refractivity contribution in [1.82, 2.24) is 9.88 Å². The molecule has 1 amide bonds. The van der Waals surface area contributed by atoms with Crippen LogP contribution in [-0.4, -0.2) is 10.5 Å². The molecule has 0 saturated heterocycles. The molecule has 1 aromatic heterocycles. The lowest BCUT2D eigenvalue weighted by Crippen LogP contribution is -2.26. The third kappa shape index (κ3) is 4.08. The van der Waals surface area contributed by atoms with Gasteiger partial charge < -0.3 is 9.88 Å². The molecule has 3 aromatic carbocycles. The highest BCUT2D eigenvalue weighted by molar-refractivity contribution is 5.98. The van der Waals surface area contributed by atoms with Crippen LogP contribution in [0.1, 0.15) is 34.5 Å². The SMILES string of the molecule is C[C@@H](NC(=O)c1ccc2c(ccn2Cc2ccc(F)cc2F)c1)c1ccc(F)cc1. The van der Waals surface area contributed by atoms with E-state index in [0.717, 1.165) is 22.5 Å². The van der Waals surface area contributed by atoms with Crippen molar-refractivity contribution in [3.63, 3.8) is 0 Å². The highest BCUT2D eigenvalue weighted by atomic mass is 19.1. The average molecular weight is 408 g/mol. The molecule has 3 nitrogen and oxygen atoms in total. The Kier molecular flexibility index (Phi) is 5.31. The number of hydrogen-bond acceptors (Lipinski definition) is 1. The van der Waals surface area contributed by atoms with E-state index in [1.54, 1.807) is 36.5 Å². The third-order valence-corrected chi connectivity index (χ3v) is 5.11. The first-order chi connectivity index (χ1) is 14.4. The third-order valence-electron chi connectivity index (χ3n) is 5.11. The second kappa shape index (κ2) is 8.06. The predicted molar refractivity (Wildman–Crippen MR) is 110 cm³/mol. The van der Waals surface area contributed by atoms with Gasteiger partial charge in [-0.25, -0.2) is 13.2 Å². The Hall–Kier alpha value is -3.54. The predicted octanol–water partition coefficient (Wildman–Crippen LogP) is 5.60. The molecule has 4 rings (SSSR count). The molecule has 0 aliphatic carbocycles. The van der Waals surface area contributed by atoms with E-state index in [-0.39, 0.29) is 24.3 Å². The van der Waals surface area contributed by atoms with Crippen molar-refractivity contribution >= 4 is 16.8 Å². The standard InChI is InChI=1S/C24H19F3N2O/c1-15(16-2-6-20(25)7-3-16)28-24(30)18-5-9-23-17(12-18)10-11-29(23)14-19-4-8-21(26)13-22(19)27/h2-13,15H,14H2,1H3,(H,28,30)/t15-/m1/s1. The normalized spacial score (nSPS) is 12.1. The fourth-order valence-electron chi connectivity index (χ4n) is 3.43. The summed E-state index contributed by atoms with van der Waals surface area (Å²) in [7, 11) is 0. The van der Waals surface area contributed by atoms with Gasteiger partial charge in [-0.3, -0.25) is 4.79 Å². The molecular formula is C24H19F3N2O. The lowest BCUT2D eigenvalue weighted by molar-refractivity contribution is 0.0940. The summed E-state index contributed by atoms with van der Waals surface area (Å²) in [5.74, 6) is -1.78. The number of aromatic nitrogens is 1. The Morgan fingerprint density at radius 2 is 1.67 bits per heavy atom. The zero-order valence-electron chi connectivity index (χ0n) is 16.2. The van der Waals surface area contributed by atoms with Gasteiger partial charge in [0, 0.05) is 34.3 Å². The fraction of sp³-hybridized carbons (Fsp3) is 0.125. The van der Waals surface area contributed by atoms with Crippen molar-refractivity contribution in [3.8, 4) is 0 Å². The van der Waals surface area contributed by atoms with Crippen LogP contribution in [0.5, 0.6) is 0 Å². The van der Waals surface area contributed by atoms with Crippen molar-refractivity contribution in [3.05, 3.63) is 107 Å². The van der Waals surface area contributed by atoms with Gasteiger partial charge >= 0.3 is 0 Å². The van der Waals surface area contributed by atoms with Gasteiger partial charge in [0.2, 0.25) is 0 Å². The van der Waals surface area contributed by atoms with E-state index in [2.05, 4.69) is 5.32 Å². The molecule has 1 heterocycles. The van der Waals surface area contributed by atoms with Crippen LogP contribution in [0, 0.1) is 17.5 Å². The molecule has 4 aromatic rings. The van der Waals surface area contributed by atoms with Crippen LogP contribution in [0.2, 0.25) is 0 Å². The van der Waals surface area contributed by atoms with E-state index in [4.69, 9.17) is 0 Å². The van der Waals surface area contributed by atoms with E-state index in [0.29, 0.717) is 11.1 Å². The first-order valence-corrected chi connectivity index (χ1v) is 9.50. The first kappa shape index (κ1) is 19.8. The maximum Gasteiger partial charge on any atom is 0.251 e. The highest BCUT2D eigenvalue weighted by Crippen LogP contribution is 2.21. The molecule has 0 aliphatic heterocycles. The molecule has 0 radical (unpaired) electrons. The van der Waals surface area contributed by atoms with Gasteiger partial charge in [0.05, 0.1) is 12.6 Å². The van der Waals surface area contributed by atoms with Crippen LogP contribution in [0.3, 0.4) is 0 Å². The average Bonchev–Trinajstić information content (AvgIpc) is 3.12. The summed E-state index contributed by atoms with van der Waals surface area (Å²) in [5, 5.41) is 3.74. The molecule has 0 spiro atoms. The number of carbonyl (C=O) groups excluding carboxylic acids is 1. The van der Waals surface area contributed by atoms with Gasteiger partial charge in [-0.2, -0.15) is 0 Å². The van der Waals surface area contributed by atoms with Crippen molar-refractivity contribution < 1.29 is 18.0 Å². The van der Waals surface area contributed by atoms with Crippen molar-refractivity contribution in [2.24, 2.45) is 0 Å². The zero-order valence-corrected chi connectivity index (χ0v) is 16.2. The molecule has 0 aliphatic rings. The zero-order chi connectivity index (χ0) is 21.3. The molecular weight excluding hydrogens is 389 g/mol. The summed E-state index contributed by atoms with van der Waals surface area (Å²) in [6, 6.07) is 16.3. The summed E-state index contributed by atoms with van der Waals surface area (Å²) in [6.07, 6.45) is 1.80. The Morgan fingerprint density at radius 1 is 0.933 bits per heavy atom. The maximum atomic E-state index is 14.0. The summed E-state index contributed by atoms with van der Waals surface area (Å²) < 4.78 is 42.0. The number of benzene rings is 3. The van der Waals surface area contributed by atoms with Crippen molar-refractivity contribution in [2.75, 3.05) is 0 Å². The molecule has 6 heteroatoms. The number of carbonyl (C=O) groups is 1. The monoisotopic (exact) mass is 408 g/mol. The van der Waals surface area contributed by atoms with Gasteiger partial charge in [0.15, 0.2) is 0 Å². The summed E-state index contributed by atoms with van der Waals surface area (Å²) in [4.78, 5) is 12.6. The van der Waals surface area contributed by atoms with E-state index in [1.807, 2.05) is 17.6 Å². The first-order valence-electron chi connectivity index (χ1n) is 9.50. The number of nitrogens with zero attached hydrogens (tertiary/aromatic N) is 1. The van der Waals surface area contributed by atoms with E-state index in [1.165, 1.54) is 24.3 Å². The van der Waals surface area contributed by atoms with Gasteiger partial charge in [0.25, 0.3) is 5.91 Å². The van der Waals surface area contributed by atoms with Crippen LogP contribution in [-0.2, 0) is 6.54 Å². The highest BCUT2D eigenvalue weighted by Gasteiger charge is 2.13. The molecule has 152 valence electrons. The number of amides is 1. The Morgan fingerprint density at radius 3 is 2.40 bits per heavy atom. The summed E-state index contributed by atoms with van der Waals surface area (Å²) >= 11 is 0. The summed E-state index contributed by atoms with van der Waals surface area (Å²) in [6.45, 7) is 2.08. The number of halogens is 3. The van der Waals surface area contributed by atoms with E-state index >= 15 is 0 Å². The van der Waals surface area contributed by atoms with E-state index in [9.17, 15) is 18.0 Å². The molecule has 0 bridgehead atoms. The summed E-state index contributed by atoms with van der Waals surface area (Å²) in [5.41, 5.74) is 2.51. The van der Waals surface area contributed by atoms with Crippen LogP contribution in [0.4, 0.5) is 13.2 Å². The minimum atomic E-state index is -0.612. The number of rotatable bonds is 5. The van der Waals surface area contributed by atoms with Gasteiger partial charge in [-0.15, -0.1) is 0 Å². The molecule has 1 N–H and O–H groups in total. The molecule has 0 fully saturated rings. The van der Waals surface area contributed by atoms with Gasteiger partial charge in [0.1, 0.15) is 17.5 Å². The lowest BCUT2D eigenvalue weighted by atomic mass is 10.1. The quantitative estimate of drug-likeness (QED) is 0.458. The topological polar surface area (TPSA) is 34.0 Å². The molecule has 0 saturated carbocycles. The Bertz CT molecular complexity index is 1220. The van der Waals surface area contributed by atoms with Crippen LogP contribution >= 0.6 is 0 Å². The van der Waals surface area contributed by atoms with Crippen molar-refractivity contribution in [1.29, 1.82) is 0 Å². The lowest BCUT2D eigenvalue weighted by Gasteiger charge is -2.14. The number of nitrogens with one attached hydrogen (secondary N) is 1. The number of hydrogen-bond donors (Lipinski definition) is 1. The molecule has 0 unspecified atom stereocenters. The van der Waals surface area contributed by atoms with Crippen LogP contribution < -0.4 is 5.32 Å². The maximum absolute atomic E-state index is 14.0. The van der Waals surface area contributed by atoms with E-state index < -0.39 is 11.6 Å². The smallest absolute Gasteiger partial charge is 0.251 e. The van der Waals surface area contributed by atoms with Gasteiger partial charge in [-0.1, -0.05) is 18.2 Å². The van der Waals surface area contributed by atoms with Gasteiger partial charge in [-0.05, 0) is 55.0 Å².